The van der Waals surface area contributed by atoms with Crippen molar-refractivity contribution in [2.45, 2.75) is 0 Å². The van der Waals surface area contributed by atoms with Crippen molar-refractivity contribution in [1.29, 1.82) is 5.26 Å². The second-order valence-corrected chi connectivity index (χ2v) is 2.67. The lowest BCUT2D eigenvalue weighted by molar-refractivity contribution is 0.0596. The first-order chi connectivity index (χ1) is 7.13. The molecule has 0 aromatic heterocycles. The fourth-order valence-corrected chi connectivity index (χ4v) is 1.10. The van der Waals surface area contributed by atoms with E-state index in [-0.39, 0.29) is 22.6 Å². The summed E-state index contributed by atoms with van der Waals surface area (Å²) in [5.41, 5.74) is 0.121. The van der Waals surface area contributed by atoms with Crippen LogP contribution >= 0.6 is 0 Å². The van der Waals surface area contributed by atoms with Gasteiger partial charge >= 0.3 is 5.97 Å². The van der Waals surface area contributed by atoms with E-state index in [1.807, 2.05) is 0 Å². The standard InChI is InChI=1S/C10H9NO4/c1-14-9-3-6(5-11)8(12)4-7(9)10(13)15-2/h3-4,12H,1-2H3. The van der Waals surface area contributed by atoms with Crippen molar-refractivity contribution in [2.75, 3.05) is 14.2 Å². The molecule has 0 unspecified atom stereocenters. The molecule has 0 atom stereocenters. The molecule has 1 rings (SSSR count). The number of phenols is 1. The van der Waals surface area contributed by atoms with Gasteiger partial charge in [0.2, 0.25) is 0 Å². The molecule has 0 saturated heterocycles. The summed E-state index contributed by atoms with van der Waals surface area (Å²) in [4.78, 5) is 11.2. The highest BCUT2D eigenvalue weighted by Crippen LogP contribution is 2.27. The van der Waals surface area contributed by atoms with Gasteiger partial charge in [0.25, 0.3) is 0 Å². The molecule has 0 aliphatic carbocycles. The van der Waals surface area contributed by atoms with Crippen molar-refractivity contribution >= 4 is 5.97 Å². The molecular formula is C10H9NO4. The molecule has 0 heterocycles. The fourth-order valence-electron chi connectivity index (χ4n) is 1.10. The Morgan fingerprint density at radius 2 is 2.13 bits per heavy atom. The molecule has 1 aromatic rings. The van der Waals surface area contributed by atoms with Gasteiger partial charge in [0.05, 0.1) is 19.8 Å². The molecule has 0 aliphatic heterocycles. The second kappa shape index (κ2) is 4.33. The third-order valence-electron chi connectivity index (χ3n) is 1.84. The average molecular weight is 207 g/mol. The summed E-state index contributed by atoms with van der Waals surface area (Å²) >= 11 is 0. The predicted molar refractivity (Wildman–Crippen MR) is 50.7 cm³/mol. The van der Waals surface area contributed by atoms with E-state index in [9.17, 15) is 9.90 Å². The molecule has 0 bridgehead atoms. The van der Waals surface area contributed by atoms with Gasteiger partial charge in [-0.1, -0.05) is 0 Å². The van der Waals surface area contributed by atoms with Crippen molar-refractivity contribution in [3.8, 4) is 17.6 Å². The summed E-state index contributed by atoms with van der Waals surface area (Å²) in [6.07, 6.45) is 0. The van der Waals surface area contributed by atoms with Gasteiger partial charge in [-0.2, -0.15) is 5.26 Å². The highest BCUT2D eigenvalue weighted by molar-refractivity contribution is 5.93. The van der Waals surface area contributed by atoms with Gasteiger partial charge in [0.1, 0.15) is 23.1 Å². The number of methoxy groups -OCH3 is 2. The van der Waals surface area contributed by atoms with E-state index in [4.69, 9.17) is 10.00 Å². The summed E-state index contributed by atoms with van der Waals surface area (Å²) in [7, 11) is 2.58. The zero-order chi connectivity index (χ0) is 11.4. The van der Waals surface area contributed by atoms with Crippen LogP contribution in [0.15, 0.2) is 12.1 Å². The Hall–Kier alpha value is -2.22. The first-order valence-electron chi connectivity index (χ1n) is 4.03. The summed E-state index contributed by atoms with van der Waals surface area (Å²) in [5, 5.41) is 18.0. The van der Waals surface area contributed by atoms with Crippen molar-refractivity contribution in [3.63, 3.8) is 0 Å². The van der Waals surface area contributed by atoms with E-state index < -0.39 is 5.97 Å². The largest absolute Gasteiger partial charge is 0.507 e. The number of rotatable bonds is 2. The van der Waals surface area contributed by atoms with Gasteiger partial charge in [-0.05, 0) is 6.07 Å². The van der Waals surface area contributed by atoms with Crippen LogP contribution in [0.2, 0.25) is 0 Å². The molecule has 5 heteroatoms. The number of hydrogen-bond acceptors (Lipinski definition) is 5. The van der Waals surface area contributed by atoms with E-state index >= 15 is 0 Å². The summed E-state index contributed by atoms with van der Waals surface area (Å²) in [6, 6.07) is 4.19. The van der Waals surface area contributed by atoms with E-state index in [1.165, 1.54) is 20.3 Å². The highest BCUT2D eigenvalue weighted by Gasteiger charge is 2.16. The van der Waals surface area contributed by atoms with Gasteiger partial charge in [0, 0.05) is 6.07 Å². The minimum Gasteiger partial charge on any atom is -0.507 e. The molecule has 0 spiro atoms. The van der Waals surface area contributed by atoms with Gasteiger partial charge in [-0.3, -0.25) is 0 Å². The molecule has 1 N–H and O–H groups in total. The number of nitrogens with zero attached hydrogens (tertiary/aromatic N) is 1. The number of benzene rings is 1. The molecule has 15 heavy (non-hydrogen) atoms. The molecule has 0 fully saturated rings. The number of esters is 1. The Bertz CT molecular complexity index is 434. The minimum absolute atomic E-state index is 0.0412. The Kier molecular flexibility index (Phi) is 3.13. The zero-order valence-electron chi connectivity index (χ0n) is 8.27. The maximum absolute atomic E-state index is 11.2. The lowest BCUT2D eigenvalue weighted by atomic mass is 10.1. The normalized spacial score (nSPS) is 9.13. The zero-order valence-corrected chi connectivity index (χ0v) is 8.27. The lowest BCUT2D eigenvalue weighted by Crippen LogP contribution is -2.04. The number of nitriles is 1. The van der Waals surface area contributed by atoms with Crippen LogP contribution in [0.4, 0.5) is 0 Å². The number of carbonyl (C=O) groups excluding carboxylic acids is 1. The van der Waals surface area contributed by atoms with Crippen LogP contribution in [0.25, 0.3) is 0 Å². The number of hydrogen-bond donors (Lipinski definition) is 1. The van der Waals surface area contributed by atoms with Crippen molar-refractivity contribution < 1.29 is 19.4 Å². The first kappa shape index (κ1) is 10.9. The average Bonchev–Trinajstić information content (AvgIpc) is 2.27. The highest BCUT2D eigenvalue weighted by atomic mass is 16.5. The minimum atomic E-state index is -0.633. The van der Waals surface area contributed by atoms with Crippen molar-refractivity contribution in [3.05, 3.63) is 23.3 Å². The first-order valence-corrected chi connectivity index (χ1v) is 4.03. The van der Waals surface area contributed by atoms with E-state index in [1.54, 1.807) is 6.07 Å². The Morgan fingerprint density at radius 3 is 2.60 bits per heavy atom. The summed E-state index contributed by atoms with van der Waals surface area (Å²) < 4.78 is 9.40. The molecule has 0 saturated carbocycles. The quantitative estimate of drug-likeness (QED) is 0.733. The van der Waals surface area contributed by atoms with Gasteiger partial charge in [-0.15, -0.1) is 0 Å². The van der Waals surface area contributed by atoms with Gasteiger partial charge in [0.15, 0.2) is 0 Å². The second-order valence-electron chi connectivity index (χ2n) is 2.67. The van der Waals surface area contributed by atoms with Crippen LogP contribution in [0.1, 0.15) is 15.9 Å². The van der Waals surface area contributed by atoms with Gasteiger partial charge in [-0.25, -0.2) is 4.79 Å². The molecule has 0 aliphatic rings. The van der Waals surface area contributed by atoms with Crippen molar-refractivity contribution in [1.82, 2.24) is 0 Å². The van der Waals surface area contributed by atoms with E-state index in [0.717, 1.165) is 6.07 Å². The third-order valence-corrected chi connectivity index (χ3v) is 1.84. The molecule has 1 aromatic carbocycles. The Morgan fingerprint density at radius 1 is 1.47 bits per heavy atom. The van der Waals surface area contributed by atoms with E-state index in [2.05, 4.69) is 4.74 Å². The number of phenolic OH excluding ortho intramolecular Hbond substituents is 1. The van der Waals surface area contributed by atoms with Crippen LogP contribution in [0.5, 0.6) is 11.5 Å². The van der Waals surface area contributed by atoms with Crippen LogP contribution in [-0.4, -0.2) is 25.3 Å². The SMILES string of the molecule is COC(=O)c1cc(O)c(C#N)cc1OC. The molecule has 78 valence electrons. The molecule has 5 nitrogen and oxygen atoms in total. The Labute approximate surface area is 86.5 Å². The predicted octanol–water partition coefficient (Wildman–Crippen LogP) is 1.06. The van der Waals surface area contributed by atoms with Crippen LogP contribution < -0.4 is 4.74 Å². The fraction of sp³-hybridized carbons (Fsp3) is 0.200. The third kappa shape index (κ3) is 1.99. The smallest absolute Gasteiger partial charge is 0.341 e. The topological polar surface area (TPSA) is 79.5 Å². The van der Waals surface area contributed by atoms with Crippen LogP contribution in [-0.2, 0) is 4.74 Å². The van der Waals surface area contributed by atoms with E-state index in [0.29, 0.717) is 0 Å². The monoisotopic (exact) mass is 207 g/mol. The van der Waals surface area contributed by atoms with Crippen LogP contribution in [0, 0.1) is 11.3 Å². The van der Waals surface area contributed by atoms with Crippen LogP contribution in [0.3, 0.4) is 0 Å². The molecule has 0 amide bonds. The number of carbonyl (C=O) groups is 1. The molecule has 0 radical (unpaired) electrons. The maximum Gasteiger partial charge on any atom is 0.341 e. The summed E-state index contributed by atoms with van der Waals surface area (Å²) in [6.45, 7) is 0. The van der Waals surface area contributed by atoms with Gasteiger partial charge < -0.3 is 14.6 Å². The van der Waals surface area contributed by atoms with Crippen molar-refractivity contribution in [2.24, 2.45) is 0 Å². The Balaban J connectivity index is 3.35. The summed E-state index contributed by atoms with van der Waals surface area (Å²) in [5.74, 6) is -0.721. The lowest BCUT2D eigenvalue weighted by Gasteiger charge is -2.07. The number of aromatic hydroxyl groups is 1. The maximum atomic E-state index is 11.2. The molecular weight excluding hydrogens is 198 g/mol. The number of ether oxygens (including phenoxy) is 2.